The van der Waals surface area contributed by atoms with Crippen LogP contribution >= 0.6 is 0 Å². The van der Waals surface area contributed by atoms with Crippen LogP contribution in [0.5, 0.6) is 0 Å². The molecule has 1 N–H and O–H groups in total. The Morgan fingerprint density at radius 2 is 2.08 bits per heavy atom. The molecule has 1 unspecified atom stereocenters. The molecule has 2 aromatic rings. The summed E-state index contributed by atoms with van der Waals surface area (Å²) in [6.45, 7) is 1.36. The van der Waals surface area contributed by atoms with Crippen LogP contribution in [0.4, 0.5) is 14.6 Å². The Morgan fingerprint density at radius 3 is 2.83 bits per heavy atom. The number of hydrogen-bond donors (Lipinski definition) is 1. The largest absolute Gasteiger partial charge is 0.373 e. The normalized spacial score (nSPS) is 19.0. The van der Waals surface area contributed by atoms with Crippen molar-refractivity contribution in [1.29, 1.82) is 0 Å². The SMILES string of the molecule is CS(=O)(=O)NCC1CN(c2ncnc3cc(F)c(F)cc23)CCO1. The average molecular weight is 358 g/mol. The molecule has 1 aromatic heterocycles. The Bertz CT molecular complexity index is 862. The summed E-state index contributed by atoms with van der Waals surface area (Å²) < 4.78 is 57.2. The minimum atomic E-state index is -3.32. The molecular weight excluding hydrogens is 342 g/mol. The predicted octanol–water partition coefficient (Wildman–Crippen LogP) is 0.662. The lowest BCUT2D eigenvalue weighted by Gasteiger charge is -2.34. The van der Waals surface area contributed by atoms with Gasteiger partial charge in [-0.3, -0.25) is 0 Å². The van der Waals surface area contributed by atoms with E-state index in [-0.39, 0.29) is 12.6 Å². The Morgan fingerprint density at radius 1 is 1.33 bits per heavy atom. The molecule has 2 heterocycles. The van der Waals surface area contributed by atoms with Crippen LogP contribution in [0.15, 0.2) is 18.5 Å². The molecule has 1 aromatic carbocycles. The average Bonchev–Trinajstić information content (AvgIpc) is 2.53. The van der Waals surface area contributed by atoms with Crippen molar-refractivity contribution >= 4 is 26.7 Å². The fourth-order valence-corrected chi connectivity index (χ4v) is 3.06. The number of anilines is 1. The molecule has 0 radical (unpaired) electrons. The second-order valence-corrected chi connectivity index (χ2v) is 7.37. The van der Waals surface area contributed by atoms with Crippen LogP contribution in [0.2, 0.25) is 0 Å². The molecule has 0 aliphatic carbocycles. The highest BCUT2D eigenvalue weighted by molar-refractivity contribution is 7.88. The maximum atomic E-state index is 13.6. The molecule has 1 aliphatic rings. The molecule has 1 atom stereocenters. The van der Waals surface area contributed by atoms with E-state index in [1.807, 2.05) is 4.90 Å². The highest BCUT2D eigenvalue weighted by Gasteiger charge is 2.24. The number of ether oxygens (including phenoxy) is 1. The third-order valence-corrected chi connectivity index (χ3v) is 4.36. The molecule has 0 spiro atoms. The maximum Gasteiger partial charge on any atom is 0.208 e. The molecule has 130 valence electrons. The first-order valence-electron chi connectivity index (χ1n) is 7.24. The van der Waals surface area contributed by atoms with E-state index < -0.39 is 21.7 Å². The Labute approximate surface area is 137 Å². The number of aromatic nitrogens is 2. The number of morpholine rings is 1. The number of sulfonamides is 1. The van der Waals surface area contributed by atoms with E-state index >= 15 is 0 Å². The van der Waals surface area contributed by atoms with Crippen molar-refractivity contribution in [2.45, 2.75) is 6.10 Å². The van der Waals surface area contributed by atoms with E-state index in [0.717, 1.165) is 18.4 Å². The lowest BCUT2D eigenvalue weighted by atomic mass is 10.2. The van der Waals surface area contributed by atoms with Gasteiger partial charge in [0.05, 0.1) is 24.5 Å². The van der Waals surface area contributed by atoms with Gasteiger partial charge in [-0.2, -0.15) is 0 Å². The van der Waals surface area contributed by atoms with E-state index in [4.69, 9.17) is 4.74 Å². The van der Waals surface area contributed by atoms with Gasteiger partial charge in [0.1, 0.15) is 12.1 Å². The second-order valence-electron chi connectivity index (χ2n) is 5.54. The third-order valence-electron chi connectivity index (χ3n) is 3.67. The number of hydrogen-bond acceptors (Lipinski definition) is 6. The van der Waals surface area contributed by atoms with Crippen LogP contribution in [0, 0.1) is 11.6 Å². The lowest BCUT2D eigenvalue weighted by molar-refractivity contribution is 0.0441. The van der Waals surface area contributed by atoms with E-state index in [1.165, 1.54) is 6.33 Å². The minimum absolute atomic E-state index is 0.126. The fourth-order valence-electron chi connectivity index (χ4n) is 2.57. The summed E-state index contributed by atoms with van der Waals surface area (Å²) in [5.74, 6) is -1.47. The molecule has 1 saturated heterocycles. The summed E-state index contributed by atoms with van der Waals surface area (Å²) in [6.07, 6.45) is 1.99. The molecule has 24 heavy (non-hydrogen) atoms. The lowest BCUT2D eigenvalue weighted by Crippen LogP contribution is -2.47. The number of nitrogens with one attached hydrogen (secondary N) is 1. The molecule has 3 rings (SSSR count). The third kappa shape index (κ3) is 3.77. The molecule has 0 amide bonds. The molecule has 1 aliphatic heterocycles. The van der Waals surface area contributed by atoms with Crippen LogP contribution in [-0.4, -0.2) is 57.0 Å². The van der Waals surface area contributed by atoms with Gasteiger partial charge < -0.3 is 9.64 Å². The van der Waals surface area contributed by atoms with Crippen molar-refractivity contribution in [2.75, 3.05) is 37.4 Å². The monoisotopic (exact) mass is 358 g/mol. The number of rotatable bonds is 4. The zero-order valence-electron chi connectivity index (χ0n) is 12.9. The molecule has 0 saturated carbocycles. The van der Waals surface area contributed by atoms with E-state index in [0.29, 0.717) is 36.4 Å². The summed E-state index contributed by atoms with van der Waals surface area (Å²) in [4.78, 5) is 9.98. The number of benzene rings is 1. The number of halogens is 2. The number of nitrogens with zero attached hydrogens (tertiary/aromatic N) is 3. The first kappa shape index (κ1) is 16.9. The second kappa shape index (κ2) is 6.54. The van der Waals surface area contributed by atoms with Gasteiger partial charge in [-0.05, 0) is 6.07 Å². The number of fused-ring (bicyclic) bond motifs is 1. The maximum absolute atomic E-state index is 13.6. The van der Waals surface area contributed by atoms with Gasteiger partial charge in [-0.1, -0.05) is 0 Å². The van der Waals surface area contributed by atoms with Crippen molar-refractivity contribution in [2.24, 2.45) is 0 Å². The molecule has 10 heteroatoms. The van der Waals surface area contributed by atoms with Crippen molar-refractivity contribution in [3.05, 3.63) is 30.1 Å². The van der Waals surface area contributed by atoms with Crippen LogP contribution < -0.4 is 9.62 Å². The molecular formula is C14H16F2N4O3S. The fraction of sp³-hybridized carbons (Fsp3) is 0.429. The smallest absolute Gasteiger partial charge is 0.208 e. The standard InChI is InChI=1S/C14H16F2N4O3S/c1-24(21,22)19-6-9-7-20(2-3-23-9)14-10-4-11(15)12(16)5-13(10)17-8-18-14/h4-5,8-9,19H,2-3,6-7H2,1H3. The zero-order chi connectivity index (χ0) is 17.3. The summed E-state index contributed by atoms with van der Waals surface area (Å²) in [5, 5.41) is 0.396. The summed E-state index contributed by atoms with van der Waals surface area (Å²) >= 11 is 0. The van der Waals surface area contributed by atoms with Crippen LogP contribution in [0.3, 0.4) is 0 Å². The molecule has 0 bridgehead atoms. The predicted molar refractivity (Wildman–Crippen MR) is 84.3 cm³/mol. The summed E-state index contributed by atoms with van der Waals surface area (Å²) in [5.41, 5.74) is 0.302. The Hall–Kier alpha value is -1.91. The minimum Gasteiger partial charge on any atom is -0.373 e. The van der Waals surface area contributed by atoms with Crippen LogP contribution in [0.1, 0.15) is 0 Å². The van der Waals surface area contributed by atoms with Crippen molar-refractivity contribution in [1.82, 2.24) is 14.7 Å². The highest BCUT2D eigenvalue weighted by atomic mass is 32.2. The van der Waals surface area contributed by atoms with Crippen molar-refractivity contribution < 1.29 is 21.9 Å². The van der Waals surface area contributed by atoms with E-state index in [9.17, 15) is 17.2 Å². The van der Waals surface area contributed by atoms with Crippen LogP contribution in [-0.2, 0) is 14.8 Å². The van der Waals surface area contributed by atoms with Gasteiger partial charge in [0.2, 0.25) is 10.0 Å². The van der Waals surface area contributed by atoms with E-state index in [2.05, 4.69) is 14.7 Å². The van der Waals surface area contributed by atoms with Gasteiger partial charge in [-0.25, -0.2) is 31.9 Å². The van der Waals surface area contributed by atoms with Gasteiger partial charge in [0, 0.05) is 31.1 Å². The van der Waals surface area contributed by atoms with Gasteiger partial charge in [0.25, 0.3) is 0 Å². The van der Waals surface area contributed by atoms with Gasteiger partial charge >= 0.3 is 0 Å². The van der Waals surface area contributed by atoms with Gasteiger partial charge in [0.15, 0.2) is 11.6 Å². The van der Waals surface area contributed by atoms with Crippen LogP contribution in [0.25, 0.3) is 10.9 Å². The van der Waals surface area contributed by atoms with Crippen molar-refractivity contribution in [3.63, 3.8) is 0 Å². The Kier molecular flexibility index (Phi) is 4.61. The van der Waals surface area contributed by atoms with Crippen molar-refractivity contribution in [3.8, 4) is 0 Å². The molecule has 7 nitrogen and oxygen atoms in total. The van der Waals surface area contributed by atoms with Gasteiger partial charge in [-0.15, -0.1) is 0 Å². The highest BCUT2D eigenvalue weighted by Crippen LogP contribution is 2.26. The summed E-state index contributed by atoms with van der Waals surface area (Å²) in [7, 11) is -3.32. The first-order chi connectivity index (χ1) is 11.3. The van der Waals surface area contributed by atoms with E-state index in [1.54, 1.807) is 0 Å². The topological polar surface area (TPSA) is 84.4 Å². The summed E-state index contributed by atoms with van der Waals surface area (Å²) in [6, 6.07) is 2.10. The molecule has 1 fully saturated rings. The Balaban J connectivity index is 1.86. The quantitative estimate of drug-likeness (QED) is 0.865. The first-order valence-corrected chi connectivity index (χ1v) is 9.13. The zero-order valence-corrected chi connectivity index (χ0v) is 13.7.